The number of nitrogens with zero attached hydrogens (tertiary/aromatic N) is 5. The zero-order chi connectivity index (χ0) is 28.0. The molecule has 2 aromatic carbocycles. The van der Waals surface area contributed by atoms with Crippen molar-refractivity contribution >= 4 is 41.9 Å². The van der Waals surface area contributed by atoms with Crippen molar-refractivity contribution in [2.75, 3.05) is 36.8 Å². The molecule has 2 saturated heterocycles. The molecule has 2 fully saturated rings. The molecule has 6 rings (SSSR count). The smallest absolute Gasteiger partial charge is 0.256 e. The van der Waals surface area contributed by atoms with Crippen LogP contribution >= 0.6 is 12.6 Å². The molecule has 12 heteroatoms. The van der Waals surface area contributed by atoms with Gasteiger partial charge in [0.15, 0.2) is 5.82 Å². The molecule has 2 unspecified atom stereocenters. The fraction of sp³-hybridized carbons (Fsp3) is 0.321. The Morgan fingerprint density at radius 3 is 2.52 bits per heavy atom. The van der Waals surface area contributed by atoms with Gasteiger partial charge in [-0.1, -0.05) is 24.3 Å². The van der Waals surface area contributed by atoms with Gasteiger partial charge in [0, 0.05) is 50.3 Å². The van der Waals surface area contributed by atoms with E-state index in [0.29, 0.717) is 35.6 Å². The summed E-state index contributed by atoms with van der Waals surface area (Å²) < 4.78 is 0. The lowest BCUT2D eigenvalue weighted by Gasteiger charge is -2.36. The van der Waals surface area contributed by atoms with Crippen LogP contribution in [0, 0.1) is 0 Å². The van der Waals surface area contributed by atoms with Crippen molar-refractivity contribution in [1.29, 1.82) is 0 Å². The average molecular weight is 560 g/mol. The molecule has 3 amide bonds. The number of para-hydroxylation sites is 1. The number of phenols is 1. The largest absolute Gasteiger partial charge is 0.507 e. The van der Waals surface area contributed by atoms with Crippen LogP contribution in [-0.2, 0) is 16.1 Å². The van der Waals surface area contributed by atoms with Crippen molar-refractivity contribution in [3.05, 3.63) is 65.2 Å². The number of hydrogen-bond donors (Lipinski definition) is 4. The van der Waals surface area contributed by atoms with Crippen LogP contribution in [0.15, 0.2) is 48.5 Å². The van der Waals surface area contributed by atoms with Gasteiger partial charge in [-0.2, -0.15) is 0 Å². The van der Waals surface area contributed by atoms with E-state index in [-0.39, 0.29) is 24.0 Å². The Kier molecular flexibility index (Phi) is 6.80. The van der Waals surface area contributed by atoms with Gasteiger partial charge in [-0.05, 0) is 41.8 Å². The summed E-state index contributed by atoms with van der Waals surface area (Å²) in [5.74, 6) is -0.534. The fourth-order valence-corrected chi connectivity index (χ4v) is 6.13. The van der Waals surface area contributed by atoms with E-state index >= 15 is 0 Å². The Balaban J connectivity index is 1.12. The van der Waals surface area contributed by atoms with Gasteiger partial charge >= 0.3 is 0 Å². The van der Waals surface area contributed by atoms with Crippen molar-refractivity contribution in [1.82, 2.24) is 25.3 Å². The summed E-state index contributed by atoms with van der Waals surface area (Å²) in [6, 6.07) is 13.9. The lowest BCUT2D eigenvalue weighted by molar-refractivity contribution is -0.137. The first-order chi connectivity index (χ1) is 19.3. The highest BCUT2D eigenvalue weighted by molar-refractivity contribution is 7.80. The maximum absolute atomic E-state index is 13.3. The van der Waals surface area contributed by atoms with Crippen molar-refractivity contribution < 1.29 is 19.5 Å². The minimum Gasteiger partial charge on any atom is -0.507 e. The van der Waals surface area contributed by atoms with Gasteiger partial charge in [-0.3, -0.25) is 24.6 Å². The number of rotatable bonds is 5. The number of benzene rings is 2. The molecule has 3 aliphatic heterocycles. The molecule has 0 radical (unpaired) electrons. The highest BCUT2D eigenvalue weighted by Crippen LogP contribution is 2.40. The van der Waals surface area contributed by atoms with E-state index in [9.17, 15) is 19.5 Å². The molecule has 0 saturated carbocycles. The van der Waals surface area contributed by atoms with E-state index in [1.807, 2.05) is 30.3 Å². The number of thiol groups is 1. The molecule has 0 spiro atoms. The maximum atomic E-state index is 13.3. The third kappa shape index (κ3) is 4.73. The first kappa shape index (κ1) is 26.1. The van der Waals surface area contributed by atoms with Gasteiger partial charge in [0.2, 0.25) is 11.8 Å². The zero-order valence-electron chi connectivity index (χ0n) is 21.7. The molecule has 3 aromatic rings. The Morgan fingerprint density at radius 1 is 1.00 bits per heavy atom. The molecule has 206 valence electrons. The summed E-state index contributed by atoms with van der Waals surface area (Å²) in [5, 5.41) is 20.3. The van der Waals surface area contributed by atoms with Crippen LogP contribution in [0.2, 0.25) is 0 Å². The second-order valence-electron chi connectivity index (χ2n) is 10.3. The number of aromatic nitrogens is 2. The third-order valence-electron chi connectivity index (χ3n) is 7.77. The molecule has 2 atom stereocenters. The minimum atomic E-state index is -0.710. The van der Waals surface area contributed by atoms with Gasteiger partial charge in [0.05, 0.1) is 11.4 Å². The molecule has 1 aromatic heterocycles. The summed E-state index contributed by atoms with van der Waals surface area (Å²) in [7, 11) is 0. The zero-order valence-corrected chi connectivity index (χ0v) is 22.6. The standard InChI is InChI=1S/C28H29N7O4S/c29-25-22(14-20(31-32-25)18-3-1-2-4-23(18)36)34-11-9-33(10-12-34)15-16-5-6-17-19(13-16)27(39)35(28(17)40)21-7-8-24(37)30-26(21)38/h1-6,13-14,21,28,36,40H,7-12,15H2,(H2,29,32)(H,30,37,38). The summed E-state index contributed by atoms with van der Waals surface area (Å²) in [5.41, 5.74) is 10.4. The Labute approximate surface area is 236 Å². The van der Waals surface area contributed by atoms with Gasteiger partial charge in [-0.15, -0.1) is 22.8 Å². The number of phenolic OH excluding ortho intramolecular Hbond substituents is 1. The van der Waals surface area contributed by atoms with E-state index in [0.717, 1.165) is 43.0 Å². The Morgan fingerprint density at radius 2 is 1.77 bits per heavy atom. The van der Waals surface area contributed by atoms with E-state index < -0.39 is 17.3 Å². The first-order valence-corrected chi connectivity index (χ1v) is 13.7. The predicted octanol–water partition coefficient (Wildman–Crippen LogP) is 1.94. The quantitative estimate of drug-likeness (QED) is 0.272. The number of nitrogens with two attached hydrogens (primary N) is 1. The highest BCUT2D eigenvalue weighted by Gasteiger charge is 2.43. The van der Waals surface area contributed by atoms with Gasteiger partial charge in [0.1, 0.15) is 17.2 Å². The number of carbonyl (C=O) groups is 3. The van der Waals surface area contributed by atoms with Gasteiger partial charge in [0.25, 0.3) is 5.91 Å². The lowest BCUT2D eigenvalue weighted by Crippen LogP contribution is -2.53. The van der Waals surface area contributed by atoms with Crippen molar-refractivity contribution in [2.45, 2.75) is 30.8 Å². The first-order valence-electron chi connectivity index (χ1n) is 13.2. The third-order valence-corrected chi connectivity index (χ3v) is 8.30. The molecular weight excluding hydrogens is 530 g/mol. The van der Waals surface area contributed by atoms with Crippen LogP contribution in [0.4, 0.5) is 11.5 Å². The number of hydrogen-bond acceptors (Lipinski definition) is 10. The number of fused-ring (bicyclic) bond motifs is 1. The van der Waals surface area contributed by atoms with Crippen molar-refractivity contribution in [3.8, 4) is 17.0 Å². The van der Waals surface area contributed by atoms with E-state index in [4.69, 9.17) is 5.73 Å². The number of nitrogens with one attached hydrogen (secondary N) is 1. The SMILES string of the molecule is Nc1nnc(-c2ccccc2O)cc1N1CCN(Cc2ccc3c(c2)C(=O)N(C2CCC(=O)NC2=O)C3S)CC1. The summed E-state index contributed by atoms with van der Waals surface area (Å²) >= 11 is 4.64. The second kappa shape index (κ2) is 10.4. The van der Waals surface area contributed by atoms with E-state index in [1.54, 1.807) is 18.2 Å². The van der Waals surface area contributed by atoms with Gasteiger partial charge in [-0.25, -0.2) is 0 Å². The van der Waals surface area contributed by atoms with Crippen LogP contribution in [0.1, 0.15) is 39.7 Å². The summed E-state index contributed by atoms with van der Waals surface area (Å²) in [6.07, 6.45) is 0.496. The molecule has 11 nitrogen and oxygen atoms in total. The number of piperazine rings is 1. The maximum Gasteiger partial charge on any atom is 0.256 e. The number of nitrogen functional groups attached to an aromatic ring is 1. The van der Waals surface area contributed by atoms with Crippen LogP contribution < -0.4 is 16.0 Å². The lowest BCUT2D eigenvalue weighted by atomic mass is 10.0. The average Bonchev–Trinajstić information content (AvgIpc) is 3.19. The number of carbonyl (C=O) groups excluding carboxylic acids is 3. The van der Waals surface area contributed by atoms with Crippen LogP contribution in [0.3, 0.4) is 0 Å². The number of aromatic hydroxyl groups is 1. The highest BCUT2D eigenvalue weighted by atomic mass is 32.1. The monoisotopic (exact) mass is 559 g/mol. The second-order valence-corrected chi connectivity index (χ2v) is 10.7. The van der Waals surface area contributed by atoms with Crippen LogP contribution in [-0.4, -0.2) is 75.0 Å². The van der Waals surface area contributed by atoms with Crippen LogP contribution in [0.5, 0.6) is 5.75 Å². The molecule has 40 heavy (non-hydrogen) atoms. The molecule has 3 aliphatic rings. The number of anilines is 2. The minimum absolute atomic E-state index is 0.134. The number of piperidine rings is 1. The molecule has 0 bridgehead atoms. The predicted molar refractivity (Wildman–Crippen MR) is 152 cm³/mol. The molecule has 4 heterocycles. The molecule has 4 N–H and O–H groups in total. The summed E-state index contributed by atoms with van der Waals surface area (Å²) in [4.78, 5) is 43.3. The Bertz CT molecular complexity index is 1510. The van der Waals surface area contributed by atoms with Crippen molar-refractivity contribution in [2.24, 2.45) is 0 Å². The Hall–Kier alpha value is -4.16. The molecule has 0 aliphatic carbocycles. The normalized spacial score (nSPS) is 21.5. The van der Waals surface area contributed by atoms with Crippen LogP contribution in [0.25, 0.3) is 11.3 Å². The van der Waals surface area contributed by atoms with E-state index in [1.165, 1.54) is 4.90 Å². The molecular formula is C28H29N7O4S. The number of amides is 3. The van der Waals surface area contributed by atoms with Gasteiger partial charge < -0.3 is 20.6 Å². The summed E-state index contributed by atoms with van der Waals surface area (Å²) in [6.45, 7) is 3.66. The van der Waals surface area contributed by atoms with Crippen molar-refractivity contribution in [3.63, 3.8) is 0 Å². The number of imide groups is 1. The van der Waals surface area contributed by atoms with E-state index in [2.05, 4.69) is 37.9 Å². The fourth-order valence-electron chi connectivity index (χ4n) is 5.64. The topological polar surface area (TPSA) is 145 Å².